The summed E-state index contributed by atoms with van der Waals surface area (Å²) in [6.45, 7) is 1.90. The zero-order chi connectivity index (χ0) is 26.9. The van der Waals surface area contributed by atoms with Crippen LogP contribution in [-0.4, -0.2) is 35.3 Å². The fraction of sp³-hybridized carbons (Fsp3) is 0.100. The van der Waals surface area contributed by atoms with Crippen molar-refractivity contribution < 1.29 is 4.79 Å². The summed E-state index contributed by atoms with van der Waals surface area (Å²) in [6.07, 6.45) is 6.91. The summed E-state index contributed by atoms with van der Waals surface area (Å²) in [5, 5.41) is 12.4. The predicted molar refractivity (Wildman–Crippen MR) is 150 cm³/mol. The Hall–Kier alpha value is -5.49. The summed E-state index contributed by atoms with van der Waals surface area (Å²) >= 11 is 0. The van der Waals surface area contributed by atoms with Crippen molar-refractivity contribution in [1.82, 2.24) is 34.7 Å². The number of carbonyl (C=O) groups excluding carboxylic acids is 1. The first-order valence-electron chi connectivity index (χ1n) is 12.4. The molecule has 3 N–H and O–H groups in total. The maximum absolute atomic E-state index is 13.4. The Morgan fingerprint density at radius 2 is 1.92 bits per heavy atom. The molecule has 1 amide bonds. The standard InChI is InChI=1S/C30H24N8O/c1-19(34-30(39)26-28(31)36-38-15-7-14-32-29(26)38)27-24(21-8-4-3-5-9-21)16-23-22(10-6-11-25(23)35-27)13-12-20-17-33-37(2)18-20/h3-11,14-19H,1-2H3,(H2,31,36)(H,34,39). The molecule has 1 atom stereocenters. The lowest BCUT2D eigenvalue weighted by Gasteiger charge is -2.19. The van der Waals surface area contributed by atoms with Gasteiger partial charge in [-0.2, -0.15) is 5.10 Å². The van der Waals surface area contributed by atoms with Crippen LogP contribution < -0.4 is 11.1 Å². The molecule has 4 heterocycles. The molecule has 0 spiro atoms. The Kier molecular flexibility index (Phi) is 5.98. The van der Waals surface area contributed by atoms with Crippen molar-refractivity contribution in [1.29, 1.82) is 0 Å². The summed E-state index contributed by atoms with van der Waals surface area (Å²) in [5.74, 6) is 6.21. The first-order chi connectivity index (χ1) is 19.0. The molecule has 0 fully saturated rings. The second-order valence-electron chi connectivity index (χ2n) is 9.16. The molecule has 0 saturated heterocycles. The molecule has 190 valence electrons. The lowest BCUT2D eigenvalue weighted by Crippen LogP contribution is -2.28. The van der Waals surface area contributed by atoms with Gasteiger partial charge in [0.05, 0.1) is 29.0 Å². The van der Waals surface area contributed by atoms with Gasteiger partial charge in [-0.05, 0) is 36.8 Å². The molecule has 2 aromatic carbocycles. The molecule has 1 unspecified atom stereocenters. The third-order valence-electron chi connectivity index (χ3n) is 6.43. The van der Waals surface area contributed by atoms with Gasteiger partial charge in [0.25, 0.3) is 5.91 Å². The number of aromatic nitrogens is 6. The Bertz CT molecular complexity index is 1910. The average molecular weight is 513 g/mol. The summed E-state index contributed by atoms with van der Waals surface area (Å²) in [5.41, 5.74) is 11.8. The maximum Gasteiger partial charge on any atom is 0.259 e. The number of benzene rings is 2. The molecule has 4 aromatic heterocycles. The number of nitrogens with one attached hydrogen (secondary N) is 1. The summed E-state index contributed by atoms with van der Waals surface area (Å²) in [7, 11) is 1.86. The number of nitrogens with zero attached hydrogens (tertiary/aromatic N) is 6. The molecule has 0 aliphatic rings. The highest BCUT2D eigenvalue weighted by atomic mass is 16.1. The van der Waals surface area contributed by atoms with Crippen molar-refractivity contribution in [2.24, 2.45) is 7.05 Å². The number of hydrogen-bond acceptors (Lipinski definition) is 6. The number of amides is 1. The minimum Gasteiger partial charge on any atom is -0.381 e. The molecule has 0 aliphatic heterocycles. The van der Waals surface area contributed by atoms with E-state index in [1.165, 1.54) is 4.52 Å². The zero-order valence-electron chi connectivity index (χ0n) is 21.3. The van der Waals surface area contributed by atoms with Crippen LogP contribution in [-0.2, 0) is 7.05 Å². The number of hydrogen-bond donors (Lipinski definition) is 2. The highest BCUT2D eigenvalue weighted by Crippen LogP contribution is 2.32. The van der Waals surface area contributed by atoms with Crippen LogP contribution in [0.15, 0.2) is 85.5 Å². The SMILES string of the molecule is CC(NC(=O)c1c(N)nn2cccnc12)c1nc2cccc(C#Cc3cnn(C)c3)c2cc1-c1ccccc1. The van der Waals surface area contributed by atoms with Crippen molar-refractivity contribution >= 4 is 28.3 Å². The van der Waals surface area contributed by atoms with E-state index in [1.807, 2.05) is 68.7 Å². The average Bonchev–Trinajstić information content (AvgIpc) is 3.52. The van der Waals surface area contributed by atoms with Gasteiger partial charge in [0.15, 0.2) is 11.5 Å². The summed E-state index contributed by atoms with van der Waals surface area (Å²) in [6, 6.07) is 19.2. The molecule has 9 heteroatoms. The van der Waals surface area contributed by atoms with E-state index in [9.17, 15) is 4.79 Å². The largest absolute Gasteiger partial charge is 0.381 e. The number of nitrogens with two attached hydrogens (primary N) is 1. The third kappa shape index (κ3) is 4.55. The van der Waals surface area contributed by atoms with Crippen molar-refractivity contribution in [2.45, 2.75) is 13.0 Å². The van der Waals surface area contributed by atoms with Gasteiger partial charge < -0.3 is 11.1 Å². The molecule has 0 bridgehead atoms. The fourth-order valence-corrected chi connectivity index (χ4v) is 4.58. The second-order valence-corrected chi connectivity index (χ2v) is 9.16. The highest BCUT2D eigenvalue weighted by molar-refractivity contribution is 6.04. The Morgan fingerprint density at radius 1 is 1.08 bits per heavy atom. The molecule has 6 aromatic rings. The number of carbonyl (C=O) groups is 1. The molecule has 0 aliphatic carbocycles. The van der Waals surface area contributed by atoms with Gasteiger partial charge in [-0.25, -0.2) is 14.5 Å². The van der Waals surface area contributed by atoms with Crippen LogP contribution in [0.1, 0.15) is 40.1 Å². The minimum absolute atomic E-state index is 0.116. The van der Waals surface area contributed by atoms with Crippen molar-refractivity contribution in [3.63, 3.8) is 0 Å². The van der Waals surface area contributed by atoms with Gasteiger partial charge in [-0.15, -0.1) is 5.10 Å². The van der Waals surface area contributed by atoms with Crippen LogP contribution >= 0.6 is 0 Å². The van der Waals surface area contributed by atoms with Gasteiger partial charge in [0.2, 0.25) is 0 Å². The van der Waals surface area contributed by atoms with E-state index in [0.29, 0.717) is 5.65 Å². The topological polar surface area (TPSA) is 116 Å². The Balaban J connectivity index is 1.43. The van der Waals surface area contributed by atoms with Gasteiger partial charge in [0, 0.05) is 42.2 Å². The van der Waals surface area contributed by atoms with E-state index >= 15 is 0 Å². The van der Waals surface area contributed by atoms with E-state index in [4.69, 9.17) is 10.7 Å². The predicted octanol–water partition coefficient (Wildman–Crippen LogP) is 4.15. The number of anilines is 1. The second kappa shape index (κ2) is 9.76. The van der Waals surface area contributed by atoms with Crippen LogP contribution in [0, 0.1) is 11.8 Å². The molecule has 39 heavy (non-hydrogen) atoms. The molecule has 6 rings (SSSR count). The molecule has 9 nitrogen and oxygen atoms in total. The molecular formula is C30H24N8O. The molecule has 0 radical (unpaired) electrons. The number of pyridine rings is 1. The quantitative estimate of drug-likeness (QED) is 0.343. The summed E-state index contributed by atoms with van der Waals surface area (Å²) in [4.78, 5) is 22.7. The van der Waals surface area contributed by atoms with E-state index in [2.05, 4.69) is 38.4 Å². The Labute approximate surface area is 224 Å². The van der Waals surface area contributed by atoms with E-state index < -0.39 is 6.04 Å². The number of nitrogen functional groups attached to an aromatic ring is 1. The third-order valence-corrected chi connectivity index (χ3v) is 6.43. The molecular weight excluding hydrogens is 488 g/mol. The van der Waals surface area contributed by atoms with Crippen LogP contribution in [0.4, 0.5) is 5.82 Å². The van der Waals surface area contributed by atoms with Crippen LogP contribution in [0.5, 0.6) is 0 Å². The van der Waals surface area contributed by atoms with Crippen LogP contribution in [0.2, 0.25) is 0 Å². The van der Waals surface area contributed by atoms with Crippen LogP contribution in [0.3, 0.4) is 0 Å². The number of rotatable bonds is 4. The summed E-state index contributed by atoms with van der Waals surface area (Å²) < 4.78 is 3.22. The van der Waals surface area contributed by atoms with Crippen molar-refractivity contribution in [3.05, 3.63) is 108 Å². The van der Waals surface area contributed by atoms with Crippen molar-refractivity contribution in [3.8, 4) is 23.0 Å². The number of fused-ring (bicyclic) bond motifs is 2. The fourth-order valence-electron chi connectivity index (χ4n) is 4.58. The van der Waals surface area contributed by atoms with Crippen LogP contribution in [0.25, 0.3) is 27.7 Å². The van der Waals surface area contributed by atoms with Crippen molar-refractivity contribution in [2.75, 3.05) is 5.73 Å². The first kappa shape index (κ1) is 23.9. The zero-order valence-corrected chi connectivity index (χ0v) is 21.3. The Morgan fingerprint density at radius 3 is 2.72 bits per heavy atom. The van der Waals surface area contributed by atoms with E-state index in [0.717, 1.165) is 38.9 Å². The van der Waals surface area contributed by atoms with E-state index in [-0.39, 0.29) is 17.3 Å². The van der Waals surface area contributed by atoms with Gasteiger partial charge in [-0.1, -0.05) is 48.2 Å². The minimum atomic E-state index is -0.444. The van der Waals surface area contributed by atoms with Gasteiger partial charge in [-0.3, -0.25) is 9.48 Å². The maximum atomic E-state index is 13.4. The first-order valence-corrected chi connectivity index (χ1v) is 12.4. The molecule has 0 saturated carbocycles. The van der Waals surface area contributed by atoms with Gasteiger partial charge in [0.1, 0.15) is 5.56 Å². The van der Waals surface area contributed by atoms with E-state index in [1.54, 1.807) is 29.3 Å². The smallest absolute Gasteiger partial charge is 0.259 e. The van der Waals surface area contributed by atoms with Gasteiger partial charge >= 0.3 is 0 Å². The normalized spacial score (nSPS) is 11.7. The lowest BCUT2D eigenvalue weighted by molar-refractivity contribution is 0.0941. The number of aryl methyl sites for hydroxylation is 1. The monoisotopic (exact) mass is 512 g/mol. The highest BCUT2D eigenvalue weighted by Gasteiger charge is 2.23. The lowest BCUT2D eigenvalue weighted by atomic mass is 9.96.